The van der Waals surface area contributed by atoms with E-state index in [9.17, 15) is 9.59 Å². The molecule has 0 saturated heterocycles. The number of hydrogen-bond acceptors (Lipinski definition) is 4. The monoisotopic (exact) mass is 365 g/mol. The number of aromatic nitrogens is 4. The van der Waals surface area contributed by atoms with Crippen molar-refractivity contribution in [3.05, 3.63) is 75.5 Å². The smallest absolute Gasteiger partial charge is 0.345 e. The fraction of sp³-hybridized carbons (Fsp3) is 0.300. The third-order valence-corrected chi connectivity index (χ3v) is 4.59. The van der Waals surface area contributed by atoms with Gasteiger partial charge in [0.25, 0.3) is 0 Å². The Kier molecular flexibility index (Phi) is 5.49. The van der Waals surface area contributed by atoms with Crippen LogP contribution < -0.4 is 11.0 Å². The van der Waals surface area contributed by atoms with E-state index in [4.69, 9.17) is 0 Å². The average molecular weight is 365 g/mol. The summed E-state index contributed by atoms with van der Waals surface area (Å²) in [7, 11) is 0. The molecule has 2 N–H and O–H groups in total. The Morgan fingerprint density at radius 3 is 2.56 bits per heavy atom. The Balaban J connectivity index is 1.54. The minimum absolute atomic E-state index is 0.0328. The molecule has 2 heterocycles. The number of H-pyrrole nitrogens is 1. The lowest BCUT2D eigenvalue weighted by atomic mass is 10.1. The summed E-state index contributed by atoms with van der Waals surface area (Å²) >= 11 is 0. The van der Waals surface area contributed by atoms with Gasteiger partial charge in [-0.05, 0) is 50.5 Å². The van der Waals surface area contributed by atoms with E-state index in [0.29, 0.717) is 25.1 Å². The van der Waals surface area contributed by atoms with Crippen LogP contribution in [0.3, 0.4) is 0 Å². The highest BCUT2D eigenvalue weighted by Crippen LogP contribution is 2.12. The summed E-state index contributed by atoms with van der Waals surface area (Å²) < 4.78 is 2.01. The molecule has 1 amide bonds. The number of hydrogen-bond donors (Lipinski definition) is 2. The number of imidazole rings is 1. The SMILES string of the molecule is Cc1nc(=O)[nH]c(C)c1CCC(=O)NCc1ccc(-n2ccnc2C)cc1. The van der Waals surface area contributed by atoms with E-state index in [1.165, 1.54) is 0 Å². The highest BCUT2D eigenvalue weighted by molar-refractivity contribution is 5.76. The van der Waals surface area contributed by atoms with E-state index < -0.39 is 0 Å². The van der Waals surface area contributed by atoms with Crippen LogP contribution in [0.15, 0.2) is 41.5 Å². The van der Waals surface area contributed by atoms with E-state index >= 15 is 0 Å². The van der Waals surface area contributed by atoms with Crippen LogP contribution in [-0.4, -0.2) is 25.4 Å². The lowest BCUT2D eigenvalue weighted by Gasteiger charge is -2.10. The molecule has 2 aromatic heterocycles. The van der Waals surface area contributed by atoms with Crippen molar-refractivity contribution in [2.75, 3.05) is 0 Å². The van der Waals surface area contributed by atoms with Crippen molar-refractivity contribution >= 4 is 5.91 Å². The Morgan fingerprint density at radius 1 is 1.19 bits per heavy atom. The van der Waals surface area contributed by atoms with Gasteiger partial charge in [0.1, 0.15) is 5.82 Å². The molecule has 0 aliphatic rings. The molecule has 3 aromatic rings. The zero-order valence-electron chi connectivity index (χ0n) is 15.7. The zero-order valence-corrected chi connectivity index (χ0v) is 15.7. The Labute approximate surface area is 157 Å². The molecular formula is C20H23N5O2. The molecule has 0 saturated carbocycles. The topological polar surface area (TPSA) is 92.7 Å². The molecule has 0 aliphatic carbocycles. The fourth-order valence-electron chi connectivity index (χ4n) is 3.08. The van der Waals surface area contributed by atoms with E-state index in [-0.39, 0.29) is 11.6 Å². The van der Waals surface area contributed by atoms with Crippen LogP contribution >= 0.6 is 0 Å². The van der Waals surface area contributed by atoms with Crippen molar-refractivity contribution in [3.63, 3.8) is 0 Å². The van der Waals surface area contributed by atoms with Crippen LogP contribution in [0, 0.1) is 20.8 Å². The molecule has 140 valence electrons. The van der Waals surface area contributed by atoms with Gasteiger partial charge in [0, 0.05) is 42.4 Å². The second kappa shape index (κ2) is 7.99. The molecule has 3 rings (SSSR count). The molecule has 27 heavy (non-hydrogen) atoms. The van der Waals surface area contributed by atoms with Crippen LogP contribution in [-0.2, 0) is 17.8 Å². The summed E-state index contributed by atoms with van der Waals surface area (Å²) in [6.45, 7) is 6.05. The third-order valence-electron chi connectivity index (χ3n) is 4.59. The minimum atomic E-state index is -0.354. The fourth-order valence-corrected chi connectivity index (χ4v) is 3.08. The van der Waals surface area contributed by atoms with Gasteiger partial charge in [-0.25, -0.2) is 9.78 Å². The molecule has 0 spiro atoms. The van der Waals surface area contributed by atoms with Gasteiger partial charge < -0.3 is 14.9 Å². The summed E-state index contributed by atoms with van der Waals surface area (Å²) in [5.74, 6) is 0.896. The second-order valence-electron chi connectivity index (χ2n) is 6.52. The molecule has 0 bridgehead atoms. The number of aryl methyl sites for hydroxylation is 3. The molecule has 0 atom stereocenters. The van der Waals surface area contributed by atoms with Crippen LogP contribution in [0.5, 0.6) is 0 Å². The van der Waals surface area contributed by atoms with Gasteiger partial charge in [0.15, 0.2) is 0 Å². The van der Waals surface area contributed by atoms with Gasteiger partial charge >= 0.3 is 5.69 Å². The number of benzene rings is 1. The van der Waals surface area contributed by atoms with Crippen molar-refractivity contribution < 1.29 is 4.79 Å². The van der Waals surface area contributed by atoms with Gasteiger partial charge in [-0.2, -0.15) is 4.98 Å². The Morgan fingerprint density at radius 2 is 1.93 bits per heavy atom. The number of carbonyl (C=O) groups excluding carboxylic acids is 1. The van der Waals surface area contributed by atoms with E-state index in [0.717, 1.165) is 28.3 Å². The first-order chi connectivity index (χ1) is 12.9. The summed E-state index contributed by atoms with van der Waals surface area (Å²) in [6.07, 6.45) is 4.58. The Bertz CT molecular complexity index is 976. The molecular weight excluding hydrogens is 342 g/mol. The van der Waals surface area contributed by atoms with Crippen molar-refractivity contribution in [1.29, 1.82) is 0 Å². The number of nitrogens with one attached hydrogen (secondary N) is 2. The van der Waals surface area contributed by atoms with Crippen LogP contribution in [0.2, 0.25) is 0 Å². The van der Waals surface area contributed by atoms with Crippen LogP contribution in [0.1, 0.15) is 34.8 Å². The first-order valence-electron chi connectivity index (χ1n) is 8.86. The van der Waals surface area contributed by atoms with Crippen molar-refractivity contribution in [3.8, 4) is 5.69 Å². The van der Waals surface area contributed by atoms with Crippen LogP contribution in [0.25, 0.3) is 5.69 Å². The summed E-state index contributed by atoms with van der Waals surface area (Å²) in [5, 5.41) is 2.93. The van der Waals surface area contributed by atoms with Gasteiger partial charge in [-0.1, -0.05) is 12.1 Å². The normalized spacial score (nSPS) is 10.8. The zero-order chi connectivity index (χ0) is 19.4. The number of aromatic amines is 1. The highest BCUT2D eigenvalue weighted by atomic mass is 16.1. The van der Waals surface area contributed by atoms with Gasteiger partial charge in [0.2, 0.25) is 5.91 Å². The van der Waals surface area contributed by atoms with E-state index in [1.807, 2.05) is 48.9 Å². The third kappa shape index (κ3) is 4.49. The summed E-state index contributed by atoms with van der Waals surface area (Å²) in [6, 6.07) is 8.01. The molecule has 0 fully saturated rings. The maximum Gasteiger partial charge on any atom is 0.345 e. The standard InChI is InChI=1S/C20H23N5O2/c1-13-18(14(2)24-20(27)23-13)8-9-19(26)22-12-16-4-6-17(7-5-16)25-11-10-21-15(25)3/h4-7,10-11H,8-9,12H2,1-3H3,(H,22,26)(H,23,24,27). The van der Waals surface area contributed by atoms with Gasteiger partial charge in [-0.15, -0.1) is 0 Å². The number of carbonyl (C=O) groups is 1. The molecule has 1 aromatic carbocycles. The lowest BCUT2D eigenvalue weighted by molar-refractivity contribution is -0.121. The maximum absolute atomic E-state index is 12.2. The molecule has 7 nitrogen and oxygen atoms in total. The number of rotatable bonds is 6. The number of nitrogens with zero attached hydrogens (tertiary/aromatic N) is 3. The van der Waals surface area contributed by atoms with Crippen molar-refractivity contribution in [2.24, 2.45) is 0 Å². The van der Waals surface area contributed by atoms with Crippen molar-refractivity contribution in [2.45, 2.75) is 40.2 Å². The summed E-state index contributed by atoms with van der Waals surface area (Å²) in [5.41, 5.74) is 4.08. The predicted octanol–water partition coefficient (Wildman–Crippen LogP) is 2.13. The predicted molar refractivity (Wildman–Crippen MR) is 103 cm³/mol. The Hall–Kier alpha value is -3.22. The quantitative estimate of drug-likeness (QED) is 0.700. The van der Waals surface area contributed by atoms with Crippen molar-refractivity contribution in [1.82, 2.24) is 24.8 Å². The van der Waals surface area contributed by atoms with Crippen LogP contribution in [0.4, 0.5) is 0 Å². The van der Waals surface area contributed by atoms with E-state index in [2.05, 4.69) is 20.3 Å². The highest BCUT2D eigenvalue weighted by Gasteiger charge is 2.09. The minimum Gasteiger partial charge on any atom is -0.352 e. The van der Waals surface area contributed by atoms with E-state index in [1.54, 1.807) is 13.1 Å². The molecule has 0 radical (unpaired) electrons. The number of amides is 1. The average Bonchev–Trinajstić information content (AvgIpc) is 3.05. The first-order valence-corrected chi connectivity index (χ1v) is 8.86. The summed E-state index contributed by atoms with van der Waals surface area (Å²) in [4.78, 5) is 34.3. The largest absolute Gasteiger partial charge is 0.352 e. The molecule has 0 unspecified atom stereocenters. The van der Waals surface area contributed by atoms with Gasteiger partial charge in [0.05, 0.1) is 0 Å². The lowest BCUT2D eigenvalue weighted by Crippen LogP contribution is -2.24. The van der Waals surface area contributed by atoms with Gasteiger partial charge in [-0.3, -0.25) is 4.79 Å². The maximum atomic E-state index is 12.2. The first kappa shape index (κ1) is 18.6. The molecule has 7 heteroatoms. The molecule has 0 aliphatic heterocycles. The second-order valence-corrected chi connectivity index (χ2v) is 6.52.